The number of hydrogen-bond donors (Lipinski definition) is 3. The summed E-state index contributed by atoms with van der Waals surface area (Å²) >= 11 is 0. The number of piperazine rings is 1. The van der Waals surface area contributed by atoms with Gasteiger partial charge < -0.3 is 26.2 Å². The number of fused-ring (bicyclic) bond motifs is 1. The first-order valence-corrected chi connectivity index (χ1v) is 13.4. The highest BCUT2D eigenvalue weighted by molar-refractivity contribution is 5.89. The van der Waals surface area contributed by atoms with Gasteiger partial charge in [-0.25, -0.2) is 9.59 Å². The second-order valence-corrected chi connectivity index (χ2v) is 11.3. The molecule has 1 aromatic heterocycles. The lowest BCUT2D eigenvalue weighted by molar-refractivity contribution is -0.137. The van der Waals surface area contributed by atoms with Gasteiger partial charge in [-0.15, -0.1) is 12.4 Å². The van der Waals surface area contributed by atoms with Crippen molar-refractivity contribution in [1.29, 1.82) is 0 Å². The zero-order valence-electron chi connectivity index (χ0n) is 22.6. The highest BCUT2D eigenvalue weighted by Crippen LogP contribution is 2.43. The van der Waals surface area contributed by atoms with E-state index >= 15 is 0 Å². The van der Waals surface area contributed by atoms with Crippen molar-refractivity contribution >= 4 is 30.2 Å². The summed E-state index contributed by atoms with van der Waals surface area (Å²) in [4.78, 5) is 47.5. The van der Waals surface area contributed by atoms with Crippen LogP contribution in [-0.2, 0) is 11.2 Å². The Bertz CT molecular complexity index is 1220. The number of aromatic nitrogens is 2. The lowest BCUT2D eigenvalue weighted by Gasteiger charge is -2.37. The summed E-state index contributed by atoms with van der Waals surface area (Å²) in [6.07, 6.45) is 3.70. The van der Waals surface area contributed by atoms with E-state index in [1.165, 1.54) is 10.1 Å². The topological polar surface area (TPSA) is 143 Å². The second kappa shape index (κ2) is 11.6. The van der Waals surface area contributed by atoms with E-state index in [-0.39, 0.29) is 30.2 Å². The van der Waals surface area contributed by atoms with Gasteiger partial charge in [-0.3, -0.25) is 14.7 Å². The first-order valence-electron chi connectivity index (χ1n) is 13.4. The van der Waals surface area contributed by atoms with Crippen molar-refractivity contribution in [2.75, 3.05) is 51.1 Å². The third-order valence-electron chi connectivity index (χ3n) is 7.93. The number of rotatable bonds is 7. The summed E-state index contributed by atoms with van der Waals surface area (Å²) in [6.45, 7) is 8.30. The van der Waals surface area contributed by atoms with E-state index in [1.807, 2.05) is 24.3 Å². The number of piperidine rings is 1. The molecule has 2 aromatic rings. The first-order chi connectivity index (χ1) is 18.1. The van der Waals surface area contributed by atoms with Gasteiger partial charge in [0, 0.05) is 51.5 Å². The maximum absolute atomic E-state index is 12.7. The van der Waals surface area contributed by atoms with Crippen molar-refractivity contribution in [3.05, 3.63) is 52.6 Å². The van der Waals surface area contributed by atoms with E-state index in [2.05, 4.69) is 15.2 Å². The van der Waals surface area contributed by atoms with Crippen LogP contribution in [0.5, 0.6) is 0 Å². The number of nitrogens with two attached hydrogens (primary N) is 2. The number of aryl methyl sites for hydroxylation is 1. The molecule has 3 aliphatic rings. The first kappa shape index (κ1) is 29.0. The maximum atomic E-state index is 12.7. The number of carbonyl (C=O) groups is 2. The number of benzene rings is 1. The van der Waals surface area contributed by atoms with Crippen LogP contribution in [0.1, 0.15) is 25.8 Å². The van der Waals surface area contributed by atoms with Gasteiger partial charge in [0.2, 0.25) is 5.91 Å². The molecule has 0 bridgehead atoms. The molecule has 2 atom stereocenters. The Labute approximate surface area is 234 Å². The van der Waals surface area contributed by atoms with Crippen LogP contribution in [-0.4, -0.2) is 93.6 Å². The largest absolute Gasteiger partial charge is 0.354 e. The highest BCUT2D eigenvalue weighted by atomic mass is 35.5. The lowest BCUT2D eigenvalue weighted by atomic mass is 10.1. The van der Waals surface area contributed by atoms with E-state index in [0.717, 1.165) is 50.0 Å². The SMILES string of the molecule is CC(C)(N)C(=O)N1CCN(C(=O)Nc2ccn(-c3ccc(CCCN4CC5C(N)C5C4)cc3)c(=O)n2)CC1.Cl. The molecule has 39 heavy (non-hydrogen) atoms. The number of urea groups is 1. The molecule has 5 N–H and O–H groups in total. The van der Waals surface area contributed by atoms with Crippen LogP contribution in [0.4, 0.5) is 10.6 Å². The van der Waals surface area contributed by atoms with Gasteiger partial charge in [-0.2, -0.15) is 4.98 Å². The van der Waals surface area contributed by atoms with Gasteiger partial charge in [0.1, 0.15) is 5.82 Å². The Morgan fingerprint density at radius 1 is 1.03 bits per heavy atom. The van der Waals surface area contributed by atoms with Crippen LogP contribution in [0, 0.1) is 11.8 Å². The molecule has 0 spiro atoms. The average molecular weight is 559 g/mol. The summed E-state index contributed by atoms with van der Waals surface area (Å²) in [5.74, 6) is 1.49. The lowest BCUT2D eigenvalue weighted by Crippen LogP contribution is -2.58. The second-order valence-electron chi connectivity index (χ2n) is 11.3. The zero-order valence-corrected chi connectivity index (χ0v) is 23.4. The number of likely N-dealkylation sites (tertiary alicyclic amines) is 1. The molecule has 2 aliphatic heterocycles. The van der Waals surface area contributed by atoms with Crippen molar-refractivity contribution in [1.82, 2.24) is 24.3 Å². The Hall–Kier alpha value is -2.99. The number of halogens is 1. The number of anilines is 1. The predicted octanol–water partition coefficient (Wildman–Crippen LogP) is 0.889. The van der Waals surface area contributed by atoms with Gasteiger partial charge in [0.25, 0.3) is 0 Å². The van der Waals surface area contributed by atoms with Crippen LogP contribution < -0.4 is 22.5 Å². The number of carbonyl (C=O) groups excluding carboxylic acids is 2. The Morgan fingerprint density at radius 2 is 1.64 bits per heavy atom. The zero-order chi connectivity index (χ0) is 27.0. The number of nitrogens with one attached hydrogen (secondary N) is 1. The van der Waals surface area contributed by atoms with Crippen LogP contribution in [0.25, 0.3) is 5.69 Å². The van der Waals surface area contributed by atoms with E-state index in [0.29, 0.717) is 32.2 Å². The standard InChI is InChI=1S/C27H38N8O3.ClH/c1-27(2,29)24(36)33-12-14-34(15-13-33)25(37)30-22-9-11-35(26(38)31-22)19-7-5-18(6-8-19)4-3-10-32-16-20-21(17-32)23(20)28;/h5-9,11,20-21,23H,3-4,10,12-17,28-29H2,1-2H3,(H,30,31,37,38);1H. The molecule has 1 aliphatic carbocycles. The molecule has 1 aromatic carbocycles. The van der Waals surface area contributed by atoms with E-state index in [4.69, 9.17) is 11.5 Å². The number of nitrogens with zero attached hydrogens (tertiary/aromatic N) is 5. The monoisotopic (exact) mass is 558 g/mol. The molecule has 3 heterocycles. The average Bonchev–Trinajstić information content (AvgIpc) is 3.28. The molecule has 12 heteroatoms. The molecule has 2 unspecified atom stereocenters. The fraction of sp³-hybridized carbons (Fsp3) is 0.556. The summed E-state index contributed by atoms with van der Waals surface area (Å²) in [7, 11) is 0. The van der Waals surface area contributed by atoms with Crippen molar-refractivity contribution in [2.24, 2.45) is 23.3 Å². The molecule has 3 fully saturated rings. The van der Waals surface area contributed by atoms with Crippen molar-refractivity contribution in [2.45, 2.75) is 38.3 Å². The molecule has 5 rings (SSSR count). The predicted molar refractivity (Wildman–Crippen MR) is 152 cm³/mol. The van der Waals surface area contributed by atoms with Gasteiger partial charge in [0.05, 0.1) is 11.2 Å². The molecule has 11 nitrogen and oxygen atoms in total. The Kier molecular flexibility index (Phi) is 8.65. The fourth-order valence-corrected chi connectivity index (χ4v) is 5.55. The van der Waals surface area contributed by atoms with Crippen LogP contribution in [0.2, 0.25) is 0 Å². The third kappa shape index (κ3) is 6.60. The van der Waals surface area contributed by atoms with E-state index < -0.39 is 11.2 Å². The normalized spacial score (nSPS) is 22.7. The molecule has 1 saturated carbocycles. The minimum absolute atomic E-state index is 0. The molecule has 3 amide bonds. The van der Waals surface area contributed by atoms with Crippen LogP contribution >= 0.6 is 12.4 Å². The van der Waals surface area contributed by atoms with Crippen LogP contribution in [0.3, 0.4) is 0 Å². The summed E-state index contributed by atoms with van der Waals surface area (Å²) < 4.78 is 1.46. The molecule has 2 saturated heterocycles. The number of amides is 3. The smallest absolute Gasteiger partial charge is 0.338 e. The number of hydrogen-bond acceptors (Lipinski definition) is 7. The van der Waals surface area contributed by atoms with Crippen LogP contribution in [0.15, 0.2) is 41.3 Å². The fourth-order valence-electron chi connectivity index (χ4n) is 5.55. The highest BCUT2D eigenvalue weighted by Gasteiger charge is 2.53. The minimum Gasteiger partial charge on any atom is -0.338 e. The van der Waals surface area contributed by atoms with Crippen molar-refractivity contribution in [3.8, 4) is 5.69 Å². The van der Waals surface area contributed by atoms with E-state index in [9.17, 15) is 14.4 Å². The summed E-state index contributed by atoms with van der Waals surface area (Å²) in [5, 5.41) is 2.69. The van der Waals surface area contributed by atoms with Gasteiger partial charge in [0.15, 0.2) is 0 Å². The van der Waals surface area contributed by atoms with E-state index in [1.54, 1.807) is 35.9 Å². The van der Waals surface area contributed by atoms with Gasteiger partial charge in [-0.1, -0.05) is 12.1 Å². The molecular formula is C27H39ClN8O3. The van der Waals surface area contributed by atoms with Crippen molar-refractivity contribution in [3.63, 3.8) is 0 Å². The quantitative estimate of drug-likeness (QED) is 0.458. The van der Waals surface area contributed by atoms with Crippen molar-refractivity contribution < 1.29 is 9.59 Å². The minimum atomic E-state index is -0.943. The third-order valence-corrected chi connectivity index (χ3v) is 7.93. The molecule has 0 radical (unpaired) electrons. The maximum Gasteiger partial charge on any atom is 0.354 e. The summed E-state index contributed by atoms with van der Waals surface area (Å²) in [6, 6.07) is 9.62. The molecule has 212 valence electrons. The molecular weight excluding hydrogens is 520 g/mol. The Balaban J connectivity index is 0.00000353. The summed E-state index contributed by atoms with van der Waals surface area (Å²) in [5.41, 5.74) is 12.5. The Morgan fingerprint density at radius 3 is 2.23 bits per heavy atom. The van der Waals surface area contributed by atoms with Gasteiger partial charge >= 0.3 is 11.7 Å². The van der Waals surface area contributed by atoms with Gasteiger partial charge in [-0.05, 0) is 68.8 Å².